The van der Waals surface area contributed by atoms with E-state index in [0.29, 0.717) is 5.56 Å². The van der Waals surface area contributed by atoms with Crippen molar-refractivity contribution in [2.24, 2.45) is 5.73 Å². The molecule has 14 heavy (non-hydrogen) atoms. The maximum Gasteiger partial charge on any atom is 0.305 e. The van der Waals surface area contributed by atoms with E-state index >= 15 is 0 Å². The first-order valence-corrected chi connectivity index (χ1v) is 4.31. The molecule has 0 saturated heterocycles. The van der Waals surface area contributed by atoms with Crippen molar-refractivity contribution >= 4 is 17.6 Å². The molecule has 1 aromatic carbocycles. The molecule has 0 fully saturated rings. The van der Waals surface area contributed by atoms with Crippen molar-refractivity contribution in [2.45, 2.75) is 12.5 Å². The van der Waals surface area contributed by atoms with Gasteiger partial charge in [-0.3, -0.25) is 4.79 Å². The van der Waals surface area contributed by atoms with E-state index in [0.717, 1.165) is 0 Å². The Balaban J connectivity index is 2.95. The SMILES string of the molecule is N[C@H](CC(=O)O)c1cccc(F)c1Cl. The first kappa shape index (κ1) is 10.9. The molecule has 0 aromatic heterocycles. The molecule has 1 atom stereocenters. The Hall–Kier alpha value is -1.13. The van der Waals surface area contributed by atoms with Crippen molar-refractivity contribution < 1.29 is 14.3 Å². The van der Waals surface area contributed by atoms with Crippen molar-refractivity contribution in [3.8, 4) is 0 Å². The van der Waals surface area contributed by atoms with Crippen LogP contribution in [0.5, 0.6) is 0 Å². The van der Waals surface area contributed by atoms with Gasteiger partial charge in [0, 0.05) is 6.04 Å². The molecule has 0 bridgehead atoms. The summed E-state index contributed by atoms with van der Waals surface area (Å²) >= 11 is 5.62. The van der Waals surface area contributed by atoms with Crippen LogP contribution in [0.4, 0.5) is 4.39 Å². The Morgan fingerprint density at radius 1 is 1.64 bits per heavy atom. The first-order valence-electron chi connectivity index (χ1n) is 3.93. The Labute approximate surface area is 85.3 Å². The van der Waals surface area contributed by atoms with Crippen LogP contribution in [0.15, 0.2) is 18.2 Å². The van der Waals surface area contributed by atoms with Crippen LogP contribution in [0.3, 0.4) is 0 Å². The largest absolute Gasteiger partial charge is 0.481 e. The van der Waals surface area contributed by atoms with E-state index in [-0.39, 0.29) is 11.4 Å². The molecule has 0 heterocycles. The van der Waals surface area contributed by atoms with Gasteiger partial charge < -0.3 is 10.8 Å². The molecule has 1 aromatic rings. The van der Waals surface area contributed by atoms with Gasteiger partial charge in [-0.2, -0.15) is 0 Å². The first-order chi connectivity index (χ1) is 6.52. The molecule has 0 amide bonds. The molecule has 0 spiro atoms. The number of carboxylic acids is 1. The molecule has 76 valence electrons. The maximum atomic E-state index is 12.9. The summed E-state index contributed by atoms with van der Waals surface area (Å²) in [6, 6.07) is 3.37. The lowest BCUT2D eigenvalue weighted by molar-refractivity contribution is -0.137. The van der Waals surface area contributed by atoms with Gasteiger partial charge in [-0.1, -0.05) is 23.7 Å². The Morgan fingerprint density at radius 3 is 2.86 bits per heavy atom. The molecular weight excluding hydrogens is 209 g/mol. The molecule has 0 aliphatic carbocycles. The average Bonchev–Trinajstić information content (AvgIpc) is 2.08. The summed E-state index contributed by atoms with van der Waals surface area (Å²) in [6.07, 6.45) is -0.275. The molecule has 5 heteroatoms. The normalized spacial score (nSPS) is 12.5. The molecule has 3 nitrogen and oxygen atoms in total. The lowest BCUT2D eigenvalue weighted by Crippen LogP contribution is -2.15. The van der Waals surface area contributed by atoms with Crippen molar-refractivity contribution in [1.29, 1.82) is 0 Å². The number of benzene rings is 1. The topological polar surface area (TPSA) is 63.3 Å². The van der Waals surface area contributed by atoms with Crippen molar-refractivity contribution in [2.75, 3.05) is 0 Å². The minimum Gasteiger partial charge on any atom is -0.481 e. The number of halogens is 2. The summed E-state index contributed by atoms with van der Waals surface area (Å²) in [7, 11) is 0. The highest BCUT2D eigenvalue weighted by molar-refractivity contribution is 6.31. The predicted octanol–water partition coefficient (Wildman–Crippen LogP) is 1.95. The van der Waals surface area contributed by atoms with E-state index in [2.05, 4.69) is 0 Å². The van der Waals surface area contributed by atoms with Crippen molar-refractivity contribution in [3.05, 3.63) is 34.6 Å². The molecule has 3 N–H and O–H groups in total. The molecule has 0 unspecified atom stereocenters. The molecule has 0 radical (unpaired) electrons. The number of aliphatic carboxylic acids is 1. The zero-order valence-corrected chi connectivity index (χ0v) is 7.96. The van der Waals surface area contributed by atoms with Crippen LogP contribution in [0.1, 0.15) is 18.0 Å². The zero-order chi connectivity index (χ0) is 10.7. The maximum absolute atomic E-state index is 12.9. The lowest BCUT2D eigenvalue weighted by atomic mass is 10.0. The minimum atomic E-state index is -1.04. The van der Waals surface area contributed by atoms with Crippen molar-refractivity contribution in [3.63, 3.8) is 0 Å². The molecule has 1 rings (SSSR count). The highest BCUT2D eigenvalue weighted by atomic mass is 35.5. The lowest BCUT2D eigenvalue weighted by Gasteiger charge is -2.11. The van der Waals surface area contributed by atoms with Crippen LogP contribution in [-0.4, -0.2) is 11.1 Å². The molecular formula is C9H9ClFNO2. The van der Waals surface area contributed by atoms with Crippen LogP contribution in [0, 0.1) is 5.82 Å². The number of rotatable bonds is 3. The fourth-order valence-corrected chi connectivity index (χ4v) is 1.37. The minimum absolute atomic E-state index is 0.110. The number of carboxylic acid groups (broad SMARTS) is 1. The summed E-state index contributed by atoms with van der Waals surface area (Å²) in [5.74, 6) is -1.64. The Morgan fingerprint density at radius 2 is 2.29 bits per heavy atom. The second-order valence-corrected chi connectivity index (χ2v) is 3.23. The summed E-state index contributed by atoms with van der Waals surface area (Å²) < 4.78 is 12.9. The van der Waals surface area contributed by atoms with Crippen LogP contribution >= 0.6 is 11.6 Å². The fourth-order valence-electron chi connectivity index (χ4n) is 1.10. The van der Waals surface area contributed by atoms with Gasteiger partial charge in [0.15, 0.2) is 0 Å². The van der Waals surface area contributed by atoms with E-state index in [4.69, 9.17) is 22.4 Å². The van der Waals surface area contributed by atoms with E-state index in [9.17, 15) is 9.18 Å². The third-order valence-electron chi connectivity index (χ3n) is 1.78. The third-order valence-corrected chi connectivity index (χ3v) is 2.17. The van der Waals surface area contributed by atoms with Crippen molar-refractivity contribution in [1.82, 2.24) is 0 Å². The number of hydrogen-bond donors (Lipinski definition) is 2. The monoisotopic (exact) mass is 217 g/mol. The van der Waals surface area contributed by atoms with Gasteiger partial charge in [-0.25, -0.2) is 4.39 Å². The van der Waals surface area contributed by atoms with Gasteiger partial charge in [-0.15, -0.1) is 0 Å². The summed E-state index contributed by atoms with van der Waals surface area (Å²) in [5, 5.41) is 8.38. The summed E-state index contributed by atoms with van der Waals surface area (Å²) in [4.78, 5) is 10.4. The summed E-state index contributed by atoms with van der Waals surface area (Å²) in [6.45, 7) is 0. The van der Waals surface area contributed by atoms with Crippen LogP contribution in [0.2, 0.25) is 5.02 Å². The Bertz CT molecular complexity index is 357. The predicted molar refractivity (Wildman–Crippen MR) is 50.6 cm³/mol. The standard InChI is InChI=1S/C9H9ClFNO2/c10-9-5(2-1-3-6(9)11)7(12)4-8(13)14/h1-3,7H,4,12H2,(H,13,14)/t7-/m1/s1. The van der Waals surface area contributed by atoms with Gasteiger partial charge in [0.25, 0.3) is 0 Å². The van der Waals surface area contributed by atoms with E-state index in [1.165, 1.54) is 18.2 Å². The molecule has 0 aliphatic rings. The smallest absolute Gasteiger partial charge is 0.305 e. The van der Waals surface area contributed by atoms with Gasteiger partial charge in [0.2, 0.25) is 0 Å². The van der Waals surface area contributed by atoms with E-state index in [1.807, 2.05) is 0 Å². The van der Waals surface area contributed by atoms with Crippen LogP contribution < -0.4 is 5.73 Å². The fraction of sp³-hybridized carbons (Fsp3) is 0.222. The second kappa shape index (κ2) is 4.39. The van der Waals surface area contributed by atoms with Crippen LogP contribution in [0.25, 0.3) is 0 Å². The van der Waals surface area contributed by atoms with Crippen LogP contribution in [-0.2, 0) is 4.79 Å². The van der Waals surface area contributed by atoms with E-state index < -0.39 is 17.8 Å². The molecule has 0 saturated carbocycles. The average molecular weight is 218 g/mol. The number of nitrogens with two attached hydrogens (primary N) is 1. The quantitative estimate of drug-likeness (QED) is 0.814. The Kier molecular flexibility index (Phi) is 3.43. The second-order valence-electron chi connectivity index (χ2n) is 2.85. The highest BCUT2D eigenvalue weighted by Gasteiger charge is 2.15. The van der Waals surface area contributed by atoms with Gasteiger partial charge in [0.05, 0.1) is 11.4 Å². The highest BCUT2D eigenvalue weighted by Crippen LogP contribution is 2.25. The summed E-state index contributed by atoms with van der Waals surface area (Å²) in [5.41, 5.74) is 5.85. The zero-order valence-electron chi connectivity index (χ0n) is 7.21. The number of hydrogen-bond acceptors (Lipinski definition) is 2. The van der Waals surface area contributed by atoms with Gasteiger partial charge in [0.1, 0.15) is 5.82 Å². The van der Waals surface area contributed by atoms with E-state index in [1.54, 1.807) is 0 Å². The van der Waals surface area contributed by atoms with Gasteiger partial charge >= 0.3 is 5.97 Å². The molecule has 0 aliphatic heterocycles. The van der Waals surface area contributed by atoms with Gasteiger partial charge in [-0.05, 0) is 11.6 Å². The third kappa shape index (κ3) is 2.43. The number of carbonyl (C=O) groups is 1.